The summed E-state index contributed by atoms with van der Waals surface area (Å²) in [7, 11) is 0. The molecule has 0 fully saturated rings. The lowest BCUT2D eigenvalue weighted by molar-refractivity contribution is 0.102. The Morgan fingerprint density at radius 3 is 2.79 bits per heavy atom. The number of carbonyl (C=O) groups excluding carboxylic acids is 1. The second-order valence-electron chi connectivity index (χ2n) is 4.74. The van der Waals surface area contributed by atoms with E-state index in [9.17, 15) is 9.18 Å². The Bertz CT molecular complexity index is 913. The van der Waals surface area contributed by atoms with Crippen molar-refractivity contribution < 1.29 is 9.18 Å². The molecular formula is C15H10ClFIN5O. The van der Waals surface area contributed by atoms with Gasteiger partial charge in [-0.1, -0.05) is 17.7 Å². The number of rotatable bonds is 3. The van der Waals surface area contributed by atoms with Crippen LogP contribution in [-0.2, 0) is 0 Å². The van der Waals surface area contributed by atoms with Crippen LogP contribution in [-0.4, -0.2) is 20.7 Å². The molecule has 0 unspecified atom stereocenters. The second kappa shape index (κ2) is 6.73. The lowest BCUT2D eigenvalue weighted by Gasteiger charge is -2.08. The van der Waals surface area contributed by atoms with Gasteiger partial charge in [-0.15, -0.1) is 0 Å². The standard InChI is InChI=1S/C15H10ClFIN5O/c16-8-4-5-12(20-6-8)22-15(24)9-7-21-23(14(9)19)11-3-1-2-10(17)13(11)18/h1-7H,19H2,(H,20,22,24). The van der Waals surface area contributed by atoms with E-state index in [1.54, 1.807) is 24.3 Å². The molecule has 0 atom stereocenters. The van der Waals surface area contributed by atoms with E-state index in [4.69, 9.17) is 17.3 Å². The van der Waals surface area contributed by atoms with Crippen molar-refractivity contribution in [2.24, 2.45) is 0 Å². The number of nitrogens with zero attached hydrogens (tertiary/aromatic N) is 3. The zero-order valence-corrected chi connectivity index (χ0v) is 14.9. The zero-order valence-electron chi connectivity index (χ0n) is 12.0. The first-order valence-electron chi connectivity index (χ1n) is 6.68. The van der Waals surface area contributed by atoms with Crippen molar-refractivity contribution in [1.29, 1.82) is 0 Å². The molecule has 24 heavy (non-hydrogen) atoms. The van der Waals surface area contributed by atoms with Crippen LogP contribution in [0.2, 0.25) is 5.02 Å². The Morgan fingerprint density at radius 2 is 2.08 bits per heavy atom. The average Bonchev–Trinajstić information content (AvgIpc) is 2.94. The SMILES string of the molecule is Nc1c(C(=O)Nc2ccc(Cl)cn2)cnn1-c1cccc(F)c1I. The summed E-state index contributed by atoms with van der Waals surface area (Å²) < 4.78 is 15.4. The quantitative estimate of drug-likeness (QED) is 0.590. The molecule has 3 rings (SSSR count). The summed E-state index contributed by atoms with van der Waals surface area (Å²) in [5.74, 6) is -0.429. The van der Waals surface area contributed by atoms with Gasteiger partial charge < -0.3 is 11.1 Å². The molecule has 0 saturated heterocycles. The molecule has 6 nitrogen and oxygen atoms in total. The number of hydrogen-bond donors (Lipinski definition) is 2. The van der Waals surface area contributed by atoms with Gasteiger partial charge in [-0.2, -0.15) is 5.10 Å². The van der Waals surface area contributed by atoms with Crippen LogP contribution in [0, 0.1) is 9.39 Å². The average molecular weight is 458 g/mol. The molecule has 0 spiro atoms. The van der Waals surface area contributed by atoms with Crippen LogP contribution in [0.4, 0.5) is 16.0 Å². The van der Waals surface area contributed by atoms with Crippen molar-refractivity contribution >= 4 is 51.7 Å². The van der Waals surface area contributed by atoms with Crippen molar-refractivity contribution in [1.82, 2.24) is 14.8 Å². The van der Waals surface area contributed by atoms with Crippen LogP contribution >= 0.6 is 34.2 Å². The van der Waals surface area contributed by atoms with Gasteiger partial charge in [0.05, 0.1) is 20.5 Å². The normalized spacial score (nSPS) is 10.6. The van der Waals surface area contributed by atoms with E-state index in [0.29, 0.717) is 20.1 Å². The van der Waals surface area contributed by atoms with Gasteiger partial charge in [-0.05, 0) is 46.9 Å². The molecule has 2 aromatic heterocycles. The predicted molar refractivity (Wildman–Crippen MR) is 97.9 cm³/mol. The number of amides is 1. The highest BCUT2D eigenvalue weighted by Gasteiger charge is 2.18. The van der Waals surface area contributed by atoms with Crippen molar-refractivity contribution in [3.63, 3.8) is 0 Å². The van der Waals surface area contributed by atoms with Crippen molar-refractivity contribution in [2.45, 2.75) is 0 Å². The van der Waals surface area contributed by atoms with Gasteiger partial charge >= 0.3 is 0 Å². The molecule has 1 aromatic carbocycles. The molecule has 0 bridgehead atoms. The minimum absolute atomic E-state index is 0.102. The molecule has 2 heterocycles. The number of halogens is 3. The molecule has 122 valence electrons. The van der Waals surface area contributed by atoms with Gasteiger partial charge in [-0.25, -0.2) is 14.1 Å². The van der Waals surface area contributed by atoms with Crippen LogP contribution in [0.3, 0.4) is 0 Å². The first kappa shape index (κ1) is 16.7. The molecule has 0 saturated carbocycles. The molecule has 9 heteroatoms. The number of aromatic nitrogens is 3. The Morgan fingerprint density at radius 1 is 1.29 bits per heavy atom. The highest BCUT2D eigenvalue weighted by molar-refractivity contribution is 14.1. The number of benzene rings is 1. The fourth-order valence-corrected chi connectivity index (χ4v) is 2.71. The Labute approximate surface area is 155 Å². The number of nitrogens with two attached hydrogens (primary N) is 1. The van der Waals surface area contributed by atoms with Crippen LogP contribution in [0.25, 0.3) is 5.69 Å². The monoisotopic (exact) mass is 457 g/mol. The van der Waals surface area contributed by atoms with Gasteiger partial charge in [0.25, 0.3) is 5.91 Å². The predicted octanol–water partition coefficient (Wildman–Crippen LogP) is 3.50. The van der Waals surface area contributed by atoms with Gasteiger partial charge in [0, 0.05) is 6.20 Å². The molecule has 3 aromatic rings. The summed E-state index contributed by atoms with van der Waals surface area (Å²) >= 11 is 7.61. The summed E-state index contributed by atoms with van der Waals surface area (Å²) in [6.07, 6.45) is 2.74. The van der Waals surface area contributed by atoms with E-state index in [1.807, 2.05) is 22.6 Å². The third-order valence-electron chi connectivity index (χ3n) is 3.18. The highest BCUT2D eigenvalue weighted by Crippen LogP contribution is 2.24. The van der Waals surface area contributed by atoms with Crippen LogP contribution < -0.4 is 11.1 Å². The van der Waals surface area contributed by atoms with Crippen LogP contribution in [0.5, 0.6) is 0 Å². The lowest BCUT2D eigenvalue weighted by atomic mass is 10.3. The van der Waals surface area contributed by atoms with E-state index in [0.717, 1.165) is 0 Å². The maximum atomic E-state index is 13.7. The van der Waals surface area contributed by atoms with Crippen LogP contribution in [0.1, 0.15) is 10.4 Å². The molecule has 0 radical (unpaired) electrons. The largest absolute Gasteiger partial charge is 0.383 e. The van der Waals surface area contributed by atoms with Crippen molar-refractivity contribution in [3.8, 4) is 5.69 Å². The minimum Gasteiger partial charge on any atom is -0.383 e. The van der Waals surface area contributed by atoms with Crippen LogP contribution in [0.15, 0.2) is 42.7 Å². The third-order valence-corrected chi connectivity index (χ3v) is 4.47. The molecule has 0 aliphatic heterocycles. The third kappa shape index (κ3) is 3.20. The van der Waals surface area contributed by atoms with Gasteiger partial charge in [0.2, 0.25) is 0 Å². The number of pyridine rings is 1. The first-order chi connectivity index (χ1) is 11.5. The summed E-state index contributed by atoms with van der Waals surface area (Å²) in [4.78, 5) is 16.3. The summed E-state index contributed by atoms with van der Waals surface area (Å²) in [5.41, 5.74) is 6.62. The smallest absolute Gasteiger partial charge is 0.262 e. The fraction of sp³-hybridized carbons (Fsp3) is 0. The zero-order chi connectivity index (χ0) is 17.3. The number of nitrogen functional groups attached to an aromatic ring is 1. The molecule has 1 amide bonds. The van der Waals surface area contributed by atoms with E-state index in [1.165, 1.54) is 23.1 Å². The lowest BCUT2D eigenvalue weighted by Crippen LogP contribution is -2.15. The number of nitrogens with one attached hydrogen (secondary N) is 1. The topological polar surface area (TPSA) is 85.8 Å². The molecule has 3 N–H and O–H groups in total. The van der Waals surface area contributed by atoms with Gasteiger partial charge in [0.1, 0.15) is 23.0 Å². The fourth-order valence-electron chi connectivity index (χ4n) is 2.01. The van der Waals surface area contributed by atoms with E-state index in [2.05, 4.69) is 15.4 Å². The van der Waals surface area contributed by atoms with E-state index >= 15 is 0 Å². The molecular weight excluding hydrogens is 448 g/mol. The van der Waals surface area contributed by atoms with Gasteiger partial charge in [-0.3, -0.25) is 4.79 Å². The number of anilines is 2. The Kier molecular flexibility index (Phi) is 4.67. The summed E-state index contributed by atoms with van der Waals surface area (Å²) in [6, 6.07) is 7.72. The van der Waals surface area contributed by atoms with Gasteiger partial charge in [0.15, 0.2) is 0 Å². The Balaban J connectivity index is 1.91. The maximum absolute atomic E-state index is 13.7. The maximum Gasteiger partial charge on any atom is 0.262 e. The minimum atomic E-state index is -0.472. The second-order valence-corrected chi connectivity index (χ2v) is 6.26. The summed E-state index contributed by atoms with van der Waals surface area (Å²) in [6.45, 7) is 0. The van der Waals surface area contributed by atoms with E-state index < -0.39 is 5.91 Å². The first-order valence-corrected chi connectivity index (χ1v) is 8.14. The highest BCUT2D eigenvalue weighted by atomic mass is 127. The molecule has 0 aliphatic rings. The summed E-state index contributed by atoms with van der Waals surface area (Å²) in [5, 5.41) is 7.14. The van der Waals surface area contributed by atoms with E-state index in [-0.39, 0.29) is 17.2 Å². The number of carbonyl (C=O) groups is 1. The molecule has 0 aliphatic carbocycles. The van der Waals surface area contributed by atoms with Crippen molar-refractivity contribution in [3.05, 3.63) is 62.7 Å². The number of hydrogen-bond acceptors (Lipinski definition) is 4. The van der Waals surface area contributed by atoms with Crippen molar-refractivity contribution in [2.75, 3.05) is 11.1 Å². The Hall–Kier alpha value is -2.20.